The summed E-state index contributed by atoms with van der Waals surface area (Å²) in [6.07, 6.45) is -4.53. The van der Waals surface area contributed by atoms with E-state index in [9.17, 15) is 18.0 Å². The minimum Gasteiger partial charge on any atom is -0.467 e. The molecule has 0 radical (unpaired) electrons. The third kappa shape index (κ3) is 3.76. The van der Waals surface area contributed by atoms with Gasteiger partial charge in [-0.1, -0.05) is 11.6 Å². The Morgan fingerprint density at radius 2 is 2.11 bits per heavy atom. The van der Waals surface area contributed by atoms with Gasteiger partial charge in [-0.2, -0.15) is 13.2 Å². The van der Waals surface area contributed by atoms with Gasteiger partial charge in [-0.3, -0.25) is 0 Å². The second kappa shape index (κ2) is 5.43. The maximum absolute atomic E-state index is 12.5. The van der Waals surface area contributed by atoms with Crippen LogP contribution in [0.3, 0.4) is 0 Å². The number of ether oxygens (including phenoxy) is 1. The Kier molecular flexibility index (Phi) is 4.39. The van der Waals surface area contributed by atoms with Crippen LogP contribution in [0, 0.1) is 0 Å². The topological polar surface area (TPSA) is 51.2 Å². The van der Waals surface area contributed by atoms with Crippen LogP contribution in [-0.2, 0) is 15.7 Å². The molecule has 100 valence electrons. The van der Waals surface area contributed by atoms with Crippen LogP contribution in [0.2, 0.25) is 5.15 Å². The summed E-state index contributed by atoms with van der Waals surface area (Å²) in [4.78, 5) is 14.8. The van der Waals surface area contributed by atoms with Gasteiger partial charge in [0.15, 0.2) is 0 Å². The van der Waals surface area contributed by atoms with Gasteiger partial charge in [-0.25, -0.2) is 9.78 Å². The molecular weight excluding hydrogens is 273 g/mol. The van der Waals surface area contributed by atoms with E-state index in [1.807, 2.05) is 0 Å². The molecule has 1 heterocycles. The number of rotatable bonds is 3. The first-order chi connectivity index (χ1) is 8.24. The van der Waals surface area contributed by atoms with E-state index in [1.165, 1.54) is 14.0 Å². The minimum absolute atomic E-state index is 0.146. The first kappa shape index (κ1) is 14.6. The zero-order valence-corrected chi connectivity index (χ0v) is 10.3. The van der Waals surface area contributed by atoms with Crippen LogP contribution in [0.25, 0.3) is 0 Å². The summed E-state index contributed by atoms with van der Waals surface area (Å²) < 4.78 is 41.9. The van der Waals surface area contributed by atoms with Crippen LogP contribution in [0.1, 0.15) is 12.5 Å². The average Bonchev–Trinajstić information content (AvgIpc) is 2.25. The summed E-state index contributed by atoms with van der Waals surface area (Å²) in [6.45, 7) is 1.43. The van der Waals surface area contributed by atoms with E-state index < -0.39 is 23.8 Å². The molecule has 0 amide bonds. The van der Waals surface area contributed by atoms with E-state index in [0.717, 1.165) is 6.07 Å². The number of alkyl halides is 3. The van der Waals surface area contributed by atoms with E-state index >= 15 is 0 Å². The number of hydrogen-bond acceptors (Lipinski definition) is 4. The van der Waals surface area contributed by atoms with E-state index in [1.54, 1.807) is 0 Å². The third-order valence-electron chi connectivity index (χ3n) is 2.04. The maximum atomic E-state index is 12.5. The number of nitrogens with zero attached hydrogens (tertiary/aromatic N) is 1. The normalized spacial score (nSPS) is 13.0. The number of methoxy groups -OCH3 is 1. The number of pyridine rings is 1. The Hall–Kier alpha value is -1.50. The van der Waals surface area contributed by atoms with Crippen LogP contribution < -0.4 is 5.32 Å². The van der Waals surface area contributed by atoms with Crippen LogP contribution in [0.5, 0.6) is 0 Å². The quantitative estimate of drug-likeness (QED) is 0.684. The van der Waals surface area contributed by atoms with Crippen molar-refractivity contribution < 1.29 is 22.7 Å². The van der Waals surface area contributed by atoms with Crippen LogP contribution in [0.4, 0.5) is 19.0 Å². The fourth-order valence-electron chi connectivity index (χ4n) is 1.19. The number of carbonyl (C=O) groups excluding carboxylic acids is 1. The lowest BCUT2D eigenvalue weighted by atomic mass is 10.2. The predicted molar refractivity (Wildman–Crippen MR) is 59.3 cm³/mol. The Labute approximate surface area is 106 Å². The Morgan fingerprint density at radius 3 is 2.61 bits per heavy atom. The Bertz CT molecular complexity index is 451. The van der Waals surface area contributed by atoms with E-state index in [-0.39, 0.29) is 11.0 Å². The second-order valence-electron chi connectivity index (χ2n) is 3.45. The van der Waals surface area contributed by atoms with Crippen molar-refractivity contribution >= 4 is 23.4 Å². The van der Waals surface area contributed by atoms with Gasteiger partial charge >= 0.3 is 12.1 Å². The fourth-order valence-corrected chi connectivity index (χ4v) is 1.40. The Morgan fingerprint density at radius 1 is 1.50 bits per heavy atom. The average molecular weight is 283 g/mol. The van der Waals surface area contributed by atoms with Crippen molar-refractivity contribution in [3.8, 4) is 0 Å². The summed E-state index contributed by atoms with van der Waals surface area (Å²) in [5.74, 6) is -0.766. The second-order valence-corrected chi connectivity index (χ2v) is 3.84. The molecule has 8 heteroatoms. The molecule has 1 atom stereocenters. The molecule has 0 aliphatic carbocycles. The highest BCUT2D eigenvalue weighted by atomic mass is 35.5. The molecule has 1 N–H and O–H groups in total. The molecule has 0 aliphatic rings. The summed E-state index contributed by atoms with van der Waals surface area (Å²) in [7, 11) is 1.17. The molecule has 0 fully saturated rings. The summed E-state index contributed by atoms with van der Waals surface area (Å²) >= 11 is 5.49. The first-order valence-electron chi connectivity index (χ1n) is 4.83. The number of carbonyl (C=O) groups is 1. The molecule has 18 heavy (non-hydrogen) atoms. The van der Waals surface area contributed by atoms with E-state index in [0.29, 0.717) is 6.07 Å². The first-order valence-corrected chi connectivity index (χ1v) is 5.21. The Balaban J connectivity index is 2.97. The molecule has 0 bridgehead atoms. The standard InChI is InChI=1S/C10H10ClF3N2O2/c1-5(9(17)18-2)15-8-4-6(10(12,13)14)3-7(11)16-8/h3-5H,1-2H3,(H,15,16)/t5-/m1/s1. The summed E-state index contributed by atoms with van der Waals surface area (Å²) in [5, 5.41) is 2.16. The maximum Gasteiger partial charge on any atom is 0.416 e. The molecule has 4 nitrogen and oxygen atoms in total. The van der Waals surface area contributed by atoms with E-state index in [4.69, 9.17) is 11.6 Å². The van der Waals surface area contributed by atoms with Gasteiger partial charge < -0.3 is 10.1 Å². The monoisotopic (exact) mass is 282 g/mol. The van der Waals surface area contributed by atoms with Gasteiger partial charge in [-0.15, -0.1) is 0 Å². The SMILES string of the molecule is COC(=O)[C@@H](C)Nc1cc(C(F)(F)F)cc(Cl)n1. The van der Waals surface area contributed by atoms with Gasteiger partial charge in [0, 0.05) is 0 Å². The molecule has 1 aromatic heterocycles. The van der Waals surface area contributed by atoms with Crippen molar-refractivity contribution in [2.45, 2.75) is 19.1 Å². The van der Waals surface area contributed by atoms with Gasteiger partial charge in [0.05, 0.1) is 12.7 Å². The predicted octanol–water partition coefficient (Wildman–Crippen LogP) is 2.73. The third-order valence-corrected chi connectivity index (χ3v) is 2.23. The van der Waals surface area contributed by atoms with Gasteiger partial charge in [0.2, 0.25) is 0 Å². The smallest absolute Gasteiger partial charge is 0.416 e. The van der Waals surface area contributed by atoms with Gasteiger partial charge in [0.25, 0.3) is 0 Å². The molecule has 0 saturated carbocycles. The van der Waals surface area contributed by atoms with Crippen LogP contribution in [0.15, 0.2) is 12.1 Å². The molecule has 1 rings (SSSR count). The van der Waals surface area contributed by atoms with Crippen molar-refractivity contribution in [1.82, 2.24) is 4.98 Å². The zero-order valence-electron chi connectivity index (χ0n) is 9.51. The molecule has 0 saturated heterocycles. The minimum atomic E-state index is -4.53. The van der Waals surface area contributed by atoms with Gasteiger partial charge in [0.1, 0.15) is 17.0 Å². The fraction of sp³-hybridized carbons (Fsp3) is 0.400. The van der Waals surface area contributed by atoms with Crippen LogP contribution >= 0.6 is 11.6 Å². The molecule has 0 spiro atoms. The number of nitrogens with one attached hydrogen (secondary N) is 1. The lowest BCUT2D eigenvalue weighted by molar-refractivity contribution is -0.141. The van der Waals surface area contributed by atoms with Gasteiger partial charge in [-0.05, 0) is 19.1 Å². The lowest BCUT2D eigenvalue weighted by Crippen LogP contribution is -2.27. The van der Waals surface area contributed by atoms with Crippen LogP contribution in [-0.4, -0.2) is 24.1 Å². The van der Waals surface area contributed by atoms with Crippen molar-refractivity contribution in [1.29, 1.82) is 0 Å². The molecule has 0 aliphatic heterocycles. The molecular formula is C10H10ClF3N2O2. The highest BCUT2D eigenvalue weighted by Gasteiger charge is 2.31. The number of halogens is 4. The lowest BCUT2D eigenvalue weighted by Gasteiger charge is -2.14. The van der Waals surface area contributed by atoms with Crippen molar-refractivity contribution in [2.75, 3.05) is 12.4 Å². The number of aromatic nitrogens is 1. The molecule has 0 unspecified atom stereocenters. The highest BCUT2D eigenvalue weighted by Crippen LogP contribution is 2.32. The number of esters is 1. The number of hydrogen-bond donors (Lipinski definition) is 1. The van der Waals surface area contributed by atoms with Crippen molar-refractivity contribution in [3.63, 3.8) is 0 Å². The highest BCUT2D eigenvalue weighted by molar-refractivity contribution is 6.29. The number of anilines is 1. The molecule has 0 aromatic carbocycles. The van der Waals surface area contributed by atoms with Crippen molar-refractivity contribution in [2.24, 2.45) is 0 Å². The molecule has 1 aromatic rings. The van der Waals surface area contributed by atoms with Crippen molar-refractivity contribution in [3.05, 3.63) is 22.8 Å². The largest absolute Gasteiger partial charge is 0.467 e. The van der Waals surface area contributed by atoms with E-state index in [2.05, 4.69) is 15.0 Å². The summed E-state index contributed by atoms with van der Waals surface area (Å²) in [6, 6.07) is 0.642. The zero-order chi connectivity index (χ0) is 13.9. The summed E-state index contributed by atoms with van der Waals surface area (Å²) in [5.41, 5.74) is -0.943.